The lowest BCUT2D eigenvalue weighted by Gasteiger charge is -2.11. The van der Waals surface area contributed by atoms with Crippen molar-refractivity contribution in [1.29, 1.82) is 0 Å². The van der Waals surface area contributed by atoms with Crippen LogP contribution in [-0.4, -0.2) is 7.11 Å². The van der Waals surface area contributed by atoms with Crippen LogP contribution in [0.2, 0.25) is 0 Å². The molecule has 1 rings (SSSR count). The van der Waals surface area contributed by atoms with Gasteiger partial charge in [0.25, 0.3) is 0 Å². The van der Waals surface area contributed by atoms with Crippen molar-refractivity contribution in [2.24, 2.45) is 0 Å². The van der Waals surface area contributed by atoms with E-state index in [-0.39, 0.29) is 5.75 Å². The minimum absolute atomic E-state index is 0.132. The zero-order chi connectivity index (χ0) is 10.1. The van der Waals surface area contributed by atoms with E-state index in [4.69, 9.17) is 0 Å². The number of benzene rings is 1. The summed E-state index contributed by atoms with van der Waals surface area (Å²) in [6.45, 7) is 1.71. The van der Waals surface area contributed by atoms with Gasteiger partial charge in [-0.05, 0) is 24.6 Å². The lowest BCUT2D eigenvalue weighted by molar-refractivity contribution is -0.138. The molecule has 0 fully saturated rings. The van der Waals surface area contributed by atoms with E-state index in [1.165, 1.54) is 19.2 Å². The first-order valence-electron chi connectivity index (χ1n) is 3.67. The third-order valence-corrected chi connectivity index (χ3v) is 1.66. The minimum atomic E-state index is -4.35. The fraction of sp³-hybridized carbons (Fsp3) is 0.333. The Bertz CT molecular complexity index is 304. The second-order valence-electron chi connectivity index (χ2n) is 2.70. The molecular weight excluding hydrogens is 181 g/mol. The third kappa shape index (κ3) is 2.14. The summed E-state index contributed by atoms with van der Waals surface area (Å²) in [5.74, 6) is -0.132. The summed E-state index contributed by atoms with van der Waals surface area (Å²) in [6.07, 6.45) is -4.35. The topological polar surface area (TPSA) is 9.23 Å². The van der Waals surface area contributed by atoms with E-state index >= 15 is 0 Å². The molecule has 0 N–H and O–H groups in total. The molecule has 0 radical (unpaired) electrons. The number of aryl methyl sites for hydroxylation is 1. The van der Waals surface area contributed by atoms with E-state index in [1.807, 2.05) is 0 Å². The lowest BCUT2D eigenvalue weighted by atomic mass is 10.1. The average Bonchev–Trinajstić information content (AvgIpc) is 2.01. The van der Waals surface area contributed by atoms with Crippen molar-refractivity contribution in [2.45, 2.75) is 13.1 Å². The van der Waals surface area contributed by atoms with Gasteiger partial charge in [-0.2, -0.15) is 13.2 Å². The molecule has 0 aliphatic heterocycles. The van der Waals surface area contributed by atoms with E-state index in [1.54, 1.807) is 6.92 Å². The van der Waals surface area contributed by atoms with Crippen molar-refractivity contribution in [3.8, 4) is 5.75 Å². The summed E-state index contributed by atoms with van der Waals surface area (Å²) < 4.78 is 41.5. The molecule has 1 nitrogen and oxygen atoms in total. The maximum atomic E-state index is 12.3. The van der Waals surface area contributed by atoms with E-state index in [0.717, 1.165) is 11.6 Å². The Morgan fingerprint density at radius 3 is 2.31 bits per heavy atom. The standard InChI is InChI=1S/C9H9F3O/c1-6-3-4-7(9(10,11)12)8(5-6)13-2/h3-5H,1-2H3. The maximum Gasteiger partial charge on any atom is 0.419 e. The summed E-state index contributed by atoms with van der Waals surface area (Å²) in [7, 11) is 1.23. The van der Waals surface area contributed by atoms with Gasteiger partial charge in [-0.15, -0.1) is 0 Å². The van der Waals surface area contributed by atoms with Crippen LogP contribution in [0.5, 0.6) is 5.75 Å². The summed E-state index contributed by atoms with van der Waals surface area (Å²) in [5, 5.41) is 0. The molecule has 0 bridgehead atoms. The van der Waals surface area contributed by atoms with Gasteiger partial charge in [0.2, 0.25) is 0 Å². The van der Waals surface area contributed by atoms with Crippen LogP contribution in [0.25, 0.3) is 0 Å². The van der Waals surface area contributed by atoms with Crippen LogP contribution in [0.1, 0.15) is 11.1 Å². The van der Waals surface area contributed by atoms with Crippen molar-refractivity contribution < 1.29 is 17.9 Å². The Kier molecular flexibility index (Phi) is 2.50. The molecule has 0 aliphatic carbocycles. The Labute approximate surface area is 74.1 Å². The van der Waals surface area contributed by atoms with Crippen LogP contribution in [-0.2, 0) is 6.18 Å². The molecule has 0 atom stereocenters. The SMILES string of the molecule is COc1cc(C)ccc1C(F)(F)F. The van der Waals surface area contributed by atoms with Gasteiger partial charge in [0.05, 0.1) is 12.7 Å². The van der Waals surface area contributed by atoms with Crippen molar-refractivity contribution in [3.05, 3.63) is 29.3 Å². The maximum absolute atomic E-state index is 12.3. The predicted octanol–water partition coefficient (Wildman–Crippen LogP) is 3.02. The van der Waals surface area contributed by atoms with Crippen LogP contribution < -0.4 is 4.74 Å². The highest BCUT2D eigenvalue weighted by Gasteiger charge is 2.33. The molecule has 1 aromatic rings. The van der Waals surface area contributed by atoms with Crippen LogP contribution in [0, 0.1) is 6.92 Å². The monoisotopic (exact) mass is 190 g/mol. The molecule has 72 valence electrons. The summed E-state index contributed by atoms with van der Waals surface area (Å²) in [4.78, 5) is 0. The minimum Gasteiger partial charge on any atom is -0.496 e. The number of alkyl halides is 3. The Hall–Kier alpha value is -1.19. The molecule has 0 aromatic heterocycles. The molecule has 13 heavy (non-hydrogen) atoms. The Morgan fingerprint density at radius 1 is 1.23 bits per heavy atom. The van der Waals surface area contributed by atoms with Crippen molar-refractivity contribution >= 4 is 0 Å². The quantitative estimate of drug-likeness (QED) is 0.661. The molecule has 0 saturated carbocycles. The van der Waals surface area contributed by atoms with Gasteiger partial charge in [-0.3, -0.25) is 0 Å². The normalized spacial score (nSPS) is 11.5. The van der Waals surface area contributed by atoms with Gasteiger partial charge in [-0.25, -0.2) is 0 Å². The number of halogens is 3. The molecular formula is C9H9F3O. The van der Waals surface area contributed by atoms with E-state index in [2.05, 4.69) is 4.74 Å². The number of methoxy groups -OCH3 is 1. The largest absolute Gasteiger partial charge is 0.496 e. The van der Waals surface area contributed by atoms with Crippen LogP contribution in [0.3, 0.4) is 0 Å². The van der Waals surface area contributed by atoms with E-state index in [0.29, 0.717) is 0 Å². The Morgan fingerprint density at radius 2 is 1.85 bits per heavy atom. The molecule has 0 spiro atoms. The first-order valence-corrected chi connectivity index (χ1v) is 3.67. The van der Waals surface area contributed by atoms with Gasteiger partial charge in [0.15, 0.2) is 0 Å². The highest BCUT2D eigenvalue weighted by molar-refractivity contribution is 5.38. The zero-order valence-corrected chi connectivity index (χ0v) is 7.27. The highest BCUT2D eigenvalue weighted by atomic mass is 19.4. The molecule has 0 aliphatic rings. The predicted molar refractivity (Wildman–Crippen MR) is 42.7 cm³/mol. The third-order valence-electron chi connectivity index (χ3n) is 1.66. The van der Waals surface area contributed by atoms with E-state index < -0.39 is 11.7 Å². The van der Waals surface area contributed by atoms with Gasteiger partial charge >= 0.3 is 6.18 Å². The summed E-state index contributed by atoms with van der Waals surface area (Å²) in [5.41, 5.74) is 0.00505. The zero-order valence-electron chi connectivity index (χ0n) is 7.27. The van der Waals surface area contributed by atoms with E-state index in [9.17, 15) is 13.2 Å². The molecule has 0 unspecified atom stereocenters. The van der Waals surface area contributed by atoms with Gasteiger partial charge in [0.1, 0.15) is 5.75 Å². The van der Waals surface area contributed by atoms with Gasteiger partial charge < -0.3 is 4.74 Å². The van der Waals surface area contributed by atoms with Gasteiger partial charge in [0, 0.05) is 0 Å². The number of hydrogen-bond donors (Lipinski definition) is 0. The van der Waals surface area contributed by atoms with Crippen molar-refractivity contribution in [2.75, 3.05) is 7.11 Å². The average molecular weight is 190 g/mol. The first kappa shape index (κ1) is 9.89. The second-order valence-corrected chi connectivity index (χ2v) is 2.70. The fourth-order valence-corrected chi connectivity index (χ4v) is 1.03. The van der Waals surface area contributed by atoms with Gasteiger partial charge in [-0.1, -0.05) is 6.07 Å². The molecule has 0 heterocycles. The smallest absolute Gasteiger partial charge is 0.419 e. The summed E-state index contributed by atoms with van der Waals surface area (Å²) in [6, 6.07) is 3.79. The Balaban J connectivity index is 3.22. The van der Waals surface area contributed by atoms with Crippen LogP contribution >= 0.6 is 0 Å². The number of ether oxygens (including phenoxy) is 1. The van der Waals surface area contributed by atoms with Crippen molar-refractivity contribution in [1.82, 2.24) is 0 Å². The van der Waals surface area contributed by atoms with Crippen molar-refractivity contribution in [3.63, 3.8) is 0 Å². The second kappa shape index (κ2) is 3.28. The first-order chi connectivity index (χ1) is 5.95. The molecule has 0 saturated heterocycles. The molecule has 1 aromatic carbocycles. The highest BCUT2D eigenvalue weighted by Crippen LogP contribution is 2.36. The summed E-state index contributed by atoms with van der Waals surface area (Å²) >= 11 is 0. The molecule has 0 amide bonds. The molecule has 4 heteroatoms. The number of rotatable bonds is 1. The van der Waals surface area contributed by atoms with Crippen LogP contribution in [0.4, 0.5) is 13.2 Å². The van der Waals surface area contributed by atoms with Crippen LogP contribution in [0.15, 0.2) is 18.2 Å². The lowest BCUT2D eigenvalue weighted by Crippen LogP contribution is -2.07. The fourth-order valence-electron chi connectivity index (χ4n) is 1.03. The number of hydrogen-bond acceptors (Lipinski definition) is 1.